The van der Waals surface area contributed by atoms with Gasteiger partial charge in [0.05, 0.1) is 18.5 Å². The van der Waals surface area contributed by atoms with Gasteiger partial charge in [-0.3, -0.25) is 0 Å². The van der Waals surface area contributed by atoms with Crippen molar-refractivity contribution in [3.8, 4) is 5.75 Å². The fourth-order valence-electron chi connectivity index (χ4n) is 1.64. The molecule has 0 atom stereocenters. The van der Waals surface area contributed by atoms with Crippen molar-refractivity contribution in [1.82, 2.24) is 0 Å². The fourth-order valence-corrected chi connectivity index (χ4v) is 1.64. The van der Waals surface area contributed by atoms with E-state index in [1.807, 2.05) is 0 Å². The number of nitrogen functional groups attached to an aromatic ring is 1. The number of halogens is 1. The van der Waals surface area contributed by atoms with E-state index in [0.717, 1.165) is 0 Å². The van der Waals surface area contributed by atoms with Gasteiger partial charge < -0.3 is 21.1 Å². The summed E-state index contributed by atoms with van der Waals surface area (Å²) in [6.07, 6.45) is 0. The minimum atomic E-state index is -0.554. The Morgan fingerprint density at radius 3 is 2.65 bits per heavy atom. The summed E-state index contributed by atoms with van der Waals surface area (Å²) < 4.78 is 18.4. The topological polar surface area (TPSA) is 76.4 Å². The average molecular weight is 275 g/mol. The molecule has 2 amide bonds. The number of carbonyl (C=O) groups is 1. The number of benzene rings is 2. The number of urea groups is 1. The van der Waals surface area contributed by atoms with Crippen molar-refractivity contribution < 1.29 is 13.9 Å². The first kappa shape index (κ1) is 13.7. The van der Waals surface area contributed by atoms with E-state index < -0.39 is 11.8 Å². The normalized spacial score (nSPS) is 9.90. The molecule has 6 heteroatoms. The highest BCUT2D eigenvalue weighted by Crippen LogP contribution is 2.25. The molecule has 0 bridgehead atoms. The summed E-state index contributed by atoms with van der Waals surface area (Å²) >= 11 is 0. The van der Waals surface area contributed by atoms with Gasteiger partial charge in [0, 0.05) is 11.8 Å². The second-order valence-corrected chi connectivity index (χ2v) is 4.02. The first-order chi connectivity index (χ1) is 9.60. The first-order valence-electron chi connectivity index (χ1n) is 5.86. The van der Waals surface area contributed by atoms with Crippen molar-refractivity contribution in [3.63, 3.8) is 0 Å². The lowest BCUT2D eigenvalue weighted by Gasteiger charge is -2.10. The number of para-hydroxylation sites is 1. The zero-order chi connectivity index (χ0) is 14.5. The van der Waals surface area contributed by atoms with Crippen LogP contribution in [0.4, 0.5) is 26.2 Å². The number of hydrogen-bond donors (Lipinski definition) is 3. The Bertz CT molecular complexity index is 632. The largest absolute Gasteiger partial charge is 0.495 e. The predicted octanol–water partition coefficient (Wildman–Crippen LogP) is 3.06. The SMILES string of the molecule is COc1cc(NC(=O)Nc2ccccc2F)ccc1N. The third kappa shape index (κ3) is 3.17. The zero-order valence-electron chi connectivity index (χ0n) is 10.8. The number of anilines is 3. The molecule has 104 valence electrons. The molecule has 2 rings (SSSR count). The smallest absolute Gasteiger partial charge is 0.323 e. The van der Waals surface area contributed by atoms with Gasteiger partial charge in [-0.05, 0) is 24.3 Å². The second kappa shape index (κ2) is 5.92. The number of rotatable bonds is 3. The Labute approximate surface area is 115 Å². The lowest BCUT2D eigenvalue weighted by molar-refractivity contribution is 0.262. The molecule has 0 fully saturated rings. The van der Waals surface area contributed by atoms with Crippen molar-refractivity contribution in [2.75, 3.05) is 23.5 Å². The van der Waals surface area contributed by atoms with Crippen LogP contribution in [0.1, 0.15) is 0 Å². The molecule has 4 N–H and O–H groups in total. The quantitative estimate of drug-likeness (QED) is 0.753. The average Bonchev–Trinajstić information content (AvgIpc) is 2.43. The van der Waals surface area contributed by atoms with Crippen LogP contribution in [0.3, 0.4) is 0 Å². The van der Waals surface area contributed by atoms with Gasteiger partial charge in [0.1, 0.15) is 11.6 Å². The van der Waals surface area contributed by atoms with Crippen LogP contribution < -0.4 is 21.1 Å². The lowest BCUT2D eigenvalue weighted by Crippen LogP contribution is -2.20. The molecular formula is C14H14FN3O2. The Morgan fingerprint density at radius 2 is 1.95 bits per heavy atom. The van der Waals surface area contributed by atoms with Gasteiger partial charge in [0.2, 0.25) is 0 Å². The Balaban J connectivity index is 2.07. The van der Waals surface area contributed by atoms with Crippen molar-refractivity contribution in [2.24, 2.45) is 0 Å². The van der Waals surface area contributed by atoms with Crippen LogP contribution in [-0.2, 0) is 0 Å². The van der Waals surface area contributed by atoms with E-state index in [1.54, 1.807) is 30.3 Å². The van der Waals surface area contributed by atoms with Crippen LogP contribution in [0.25, 0.3) is 0 Å². The van der Waals surface area contributed by atoms with Crippen molar-refractivity contribution in [2.45, 2.75) is 0 Å². The third-order valence-electron chi connectivity index (χ3n) is 2.61. The molecule has 2 aromatic carbocycles. The molecule has 0 radical (unpaired) electrons. The zero-order valence-corrected chi connectivity index (χ0v) is 10.8. The number of hydrogen-bond acceptors (Lipinski definition) is 3. The van der Waals surface area contributed by atoms with E-state index in [0.29, 0.717) is 17.1 Å². The summed E-state index contributed by atoms with van der Waals surface area (Å²) in [4.78, 5) is 11.8. The van der Waals surface area contributed by atoms with Gasteiger partial charge in [-0.15, -0.1) is 0 Å². The van der Waals surface area contributed by atoms with Gasteiger partial charge in [0.15, 0.2) is 0 Å². The molecule has 5 nitrogen and oxygen atoms in total. The Hall–Kier alpha value is -2.76. The molecule has 0 heterocycles. The van der Waals surface area contributed by atoms with Crippen LogP contribution in [-0.4, -0.2) is 13.1 Å². The minimum Gasteiger partial charge on any atom is -0.495 e. The van der Waals surface area contributed by atoms with Gasteiger partial charge in [-0.2, -0.15) is 0 Å². The number of nitrogens with one attached hydrogen (secondary N) is 2. The predicted molar refractivity (Wildman–Crippen MR) is 76.4 cm³/mol. The summed E-state index contributed by atoms with van der Waals surface area (Å²) in [5.74, 6) is -0.0498. The number of amides is 2. The monoisotopic (exact) mass is 275 g/mol. The second-order valence-electron chi connectivity index (χ2n) is 4.02. The maximum absolute atomic E-state index is 13.4. The Morgan fingerprint density at radius 1 is 1.20 bits per heavy atom. The standard InChI is InChI=1S/C14H14FN3O2/c1-20-13-8-9(6-7-11(13)16)17-14(19)18-12-5-3-2-4-10(12)15/h2-8H,16H2,1H3,(H2,17,18,19). The van der Waals surface area contributed by atoms with Gasteiger partial charge in [0.25, 0.3) is 0 Å². The number of nitrogens with two attached hydrogens (primary N) is 1. The van der Waals surface area contributed by atoms with Crippen molar-refractivity contribution in [1.29, 1.82) is 0 Å². The summed E-state index contributed by atoms with van der Waals surface area (Å²) in [6.45, 7) is 0. The Kier molecular flexibility index (Phi) is 4.05. The summed E-state index contributed by atoms with van der Waals surface area (Å²) in [7, 11) is 1.48. The minimum absolute atomic E-state index is 0.104. The van der Waals surface area contributed by atoms with Crippen molar-refractivity contribution in [3.05, 3.63) is 48.3 Å². The van der Waals surface area contributed by atoms with Gasteiger partial charge >= 0.3 is 6.03 Å². The summed E-state index contributed by atoms with van der Waals surface area (Å²) in [6, 6.07) is 10.2. The number of ether oxygens (including phenoxy) is 1. The molecule has 0 unspecified atom stereocenters. The highest BCUT2D eigenvalue weighted by atomic mass is 19.1. The van der Waals surface area contributed by atoms with Crippen LogP contribution in [0.5, 0.6) is 5.75 Å². The van der Waals surface area contributed by atoms with E-state index >= 15 is 0 Å². The molecule has 0 aliphatic carbocycles. The van der Waals surface area contributed by atoms with Gasteiger partial charge in [-0.1, -0.05) is 12.1 Å². The van der Waals surface area contributed by atoms with E-state index in [2.05, 4.69) is 10.6 Å². The molecule has 0 aromatic heterocycles. The molecule has 20 heavy (non-hydrogen) atoms. The molecular weight excluding hydrogens is 261 g/mol. The lowest BCUT2D eigenvalue weighted by atomic mass is 10.2. The number of methoxy groups -OCH3 is 1. The maximum Gasteiger partial charge on any atom is 0.323 e. The fraction of sp³-hybridized carbons (Fsp3) is 0.0714. The highest BCUT2D eigenvalue weighted by Gasteiger charge is 2.07. The molecule has 0 spiro atoms. The van der Waals surface area contributed by atoms with Crippen LogP contribution in [0, 0.1) is 5.82 Å². The van der Waals surface area contributed by atoms with Gasteiger partial charge in [-0.25, -0.2) is 9.18 Å². The molecule has 2 aromatic rings. The van der Waals surface area contributed by atoms with Crippen molar-refractivity contribution >= 4 is 23.1 Å². The van der Waals surface area contributed by atoms with E-state index in [4.69, 9.17) is 10.5 Å². The maximum atomic E-state index is 13.4. The first-order valence-corrected chi connectivity index (χ1v) is 5.86. The van der Waals surface area contributed by atoms with E-state index in [9.17, 15) is 9.18 Å². The molecule has 0 aliphatic rings. The molecule has 0 aliphatic heterocycles. The number of carbonyl (C=O) groups excluding carboxylic acids is 1. The van der Waals surface area contributed by atoms with Crippen LogP contribution in [0.2, 0.25) is 0 Å². The molecule has 0 saturated carbocycles. The summed E-state index contributed by atoms with van der Waals surface area (Å²) in [5.41, 5.74) is 6.73. The van der Waals surface area contributed by atoms with E-state index in [-0.39, 0.29) is 5.69 Å². The summed E-state index contributed by atoms with van der Waals surface area (Å²) in [5, 5.41) is 4.98. The van der Waals surface area contributed by atoms with Crippen LogP contribution >= 0.6 is 0 Å². The highest BCUT2D eigenvalue weighted by molar-refractivity contribution is 6.00. The van der Waals surface area contributed by atoms with E-state index in [1.165, 1.54) is 19.2 Å². The molecule has 0 saturated heterocycles. The third-order valence-corrected chi connectivity index (χ3v) is 2.61. The van der Waals surface area contributed by atoms with Crippen LogP contribution in [0.15, 0.2) is 42.5 Å².